The molecule has 0 spiro atoms. The molecule has 4 aliphatic carbocycles. The SMILES string of the molecule is CC(C)/C=C/[C@@H](COS(=O)(=O)O)[C@H]1CCC2C3CC[C@@H]4[C@H](O)[C@H](OS(=O)(=O)O)CC[C@]4(C)C3[C@@H](O)C[C@@]21C. The molecule has 10 nitrogen and oxygen atoms in total. The standard InChI is InChI=1S/C26H44O10S2/c1-15(2)5-6-16(14-35-37(29,30)31)18-9-10-19-17-7-8-20-24(28)22(36-38(32,33)34)11-12-25(20,3)23(17)21(27)13-26(18,19)4/h5-6,15-24,27-28H,7-14H2,1-4H3,(H,29,30,31)(H,32,33,34)/b6-5+/t16-,17?,18+,19?,20+,21-,22+,23?,24-,25-,26+/m0/s1. The maximum atomic E-state index is 11.7. The Bertz CT molecular complexity index is 1110. The van der Waals surface area contributed by atoms with E-state index in [0.717, 1.165) is 19.3 Å². The summed E-state index contributed by atoms with van der Waals surface area (Å²) >= 11 is 0. The molecule has 0 heterocycles. The molecular formula is C26H44O10S2. The Balaban J connectivity index is 1.59. The smallest absolute Gasteiger partial charge is 0.393 e. The van der Waals surface area contributed by atoms with Crippen LogP contribution in [0.2, 0.25) is 0 Å². The molecule has 11 atom stereocenters. The fourth-order valence-electron chi connectivity index (χ4n) is 9.27. The Kier molecular flexibility index (Phi) is 8.52. The lowest BCUT2D eigenvalue weighted by molar-refractivity contribution is -0.204. The first kappa shape index (κ1) is 30.4. The molecule has 12 heteroatoms. The Labute approximate surface area is 227 Å². The van der Waals surface area contributed by atoms with Crippen molar-refractivity contribution in [2.24, 2.45) is 52.3 Å². The van der Waals surface area contributed by atoms with Gasteiger partial charge in [0, 0.05) is 5.92 Å². The van der Waals surface area contributed by atoms with Gasteiger partial charge < -0.3 is 10.2 Å². The summed E-state index contributed by atoms with van der Waals surface area (Å²) in [5.41, 5.74) is -0.673. The predicted octanol–water partition coefficient (Wildman–Crippen LogP) is 3.42. The van der Waals surface area contributed by atoms with Gasteiger partial charge in [-0.1, -0.05) is 39.8 Å². The van der Waals surface area contributed by atoms with Crippen molar-refractivity contribution < 1.29 is 44.5 Å². The van der Waals surface area contributed by atoms with E-state index >= 15 is 0 Å². The molecule has 0 bridgehead atoms. The van der Waals surface area contributed by atoms with Crippen LogP contribution in [0.5, 0.6) is 0 Å². The van der Waals surface area contributed by atoms with Gasteiger partial charge in [-0.3, -0.25) is 9.11 Å². The fraction of sp³-hybridized carbons (Fsp3) is 0.923. The first-order valence-corrected chi connectivity index (χ1v) is 16.5. The van der Waals surface area contributed by atoms with Gasteiger partial charge in [-0.2, -0.15) is 16.8 Å². The van der Waals surface area contributed by atoms with E-state index in [1.54, 1.807) is 0 Å². The normalized spacial score (nSPS) is 44.6. The number of fused-ring (bicyclic) bond motifs is 5. The van der Waals surface area contributed by atoms with Crippen LogP contribution in [0.25, 0.3) is 0 Å². The van der Waals surface area contributed by atoms with E-state index in [2.05, 4.69) is 13.8 Å². The summed E-state index contributed by atoms with van der Waals surface area (Å²) in [5.74, 6) is 0.260. The number of hydrogen-bond acceptors (Lipinski definition) is 8. The van der Waals surface area contributed by atoms with Crippen molar-refractivity contribution in [2.45, 2.75) is 91.0 Å². The second-order valence-electron chi connectivity index (χ2n) is 13.0. The molecule has 4 saturated carbocycles. The van der Waals surface area contributed by atoms with Crippen molar-refractivity contribution in [1.29, 1.82) is 0 Å². The van der Waals surface area contributed by atoms with Crippen LogP contribution in [-0.4, -0.2) is 61.1 Å². The van der Waals surface area contributed by atoms with Crippen LogP contribution in [0.3, 0.4) is 0 Å². The zero-order valence-corrected chi connectivity index (χ0v) is 24.3. The topological polar surface area (TPSA) is 168 Å². The molecule has 0 saturated heterocycles. The summed E-state index contributed by atoms with van der Waals surface area (Å²) in [5, 5.41) is 22.8. The maximum Gasteiger partial charge on any atom is 0.397 e. The lowest BCUT2D eigenvalue weighted by Crippen LogP contribution is -2.62. The van der Waals surface area contributed by atoms with Gasteiger partial charge in [-0.15, -0.1) is 0 Å². The van der Waals surface area contributed by atoms with Crippen LogP contribution in [0.1, 0.15) is 72.6 Å². The monoisotopic (exact) mass is 580 g/mol. The third-order valence-electron chi connectivity index (χ3n) is 10.6. The summed E-state index contributed by atoms with van der Waals surface area (Å²) in [6.45, 7) is 8.20. The minimum atomic E-state index is -4.69. The summed E-state index contributed by atoms with van der Waals surface area (Å²) in [7, 11) is -9.26. The number of hydrogen-bond donors (Lipinski definition) is 4. The predicted molar refractivity (Wildman–Crippen MR) is 139 cm³/mol. The Hall–Kier alpha value is -0.600. The van der Waals surface area contributed by atoms with Gasteiger partial charge in [0.1, 0.15) is 6.10 Å². The average molecular weight is 581 g/mol. The van der Waals surface area contributed by atoms with Crippen LogP contribution in [0.15, 0.2) is 12.2 Å². The molecule has 4 fully saturated rings. The molecule has 0 amide bonds. The Morgan fingerprint density at radius 3 is 2.16 bits per heavy atom. The first-order chi connectivity index (χ1) is 17.5. The number of rotatable bonds is 8. The molecule has 0 aromatic rings. The van der Waals surface area contributed by atoms with Crippen LogP contribution in [0.4, 0.5) is 0 Å². The molecule has 0 radical (unpaired) electrons. The number of aliphatic hydroxyl groups is 2. The highest BCUT2D eigenvalue weighted by molar-refractivity contribution is 7.81. The quantitative estimate of drug-likeness (QED) is 0.247. The Morgan fingerprint density at radius 1 is 0.895 bits per heavy atom. The minimum absolute atomic E-state index is 0.0647. The molecule has 4 rings (SSSR count). The molecule has 3 unspecified atom stereocenters. The van der Waals surface area contributed by atoms with Crippen LogP contribution < -0.4 is 0 Å². The van der Waals surface area contributed by atoms with E-state index in [0.29, 0.717) is 25.2 Å². The van der Waals surface area contributed by atoms with Crippen LogP contribution in [-0.2, 0) is 29.2 Å². The molecule has 4 aliphatic rings. The van der Waals surface area contributed by atoms with Crippen molar-refractivity contribution in [3.05, 3.63) is 12.2 Å². The number of aliphatic hydroxyl groups excluding tert-OH is 2. The Morgan fingerprint density at radius 2 is 1.55 bits per heavy atom. The fourth-order valence-corrected chi connectivity index (χ4v) is 10.1. The zero-order valence-electron chi connectivity index (χ0n) is 22.6. The molecule has 4 N–H and O–H groups in total. The summed E-state index contributed by atoms with van der Waals surface area (Å²) in [4.78, 5) is 0. The lowest BCUT2D eigenvalue weighted by atomic mass is 9.43. The second-order valence-corrected chi connectivity index (χ2v) is 15.2. The maximum absolute atomic E-state index is 11.7. The highest BCUT2D eigenvalue weighted by atomic mass is 32.3. The van der Waals surface area contributed by atoms with Crippen molar-refractivity contribution in [3.63, 3.8) is 0 Å². The van der Waals surface area contributed by atoms with Gasteiger partial charge in [-0.25, -0.2) is 8.37 Å². The second kappa shape index (κ2) is 10.7. The molecule has 0 aliphatic heterocycles. The molecule has 0 aromatic carbocycles. The minimum Gasteiger partial charge on any atom is -0.393 e. The van der Waals surface area contributed by atoms with Gasteiger partial charge in [0.25, 0.3) is 0 Å². The van der Waals surface area contributed by atoms with E-state index < -0.39 is 44.5 Å². The van der Waals surface area contributed by atoms with Gasteiger partial charge >= 0.3 is 20.8 Å². The van der Waals surface area contributed by atoms with E-state index in [4.69, 9.17) is 12.9 Å². The van der Waals surface area contributed by atoms with Crippen molar-refractivity contribution in [2.75, 3.05) is 6.61 Å². The third kappa shape index (κ3) is 5.88. The zero-order chi connectivity index (χ0) is 28.3. The van der Waals surface area contributed by atoms with Gasteiger partial charge in [0.2, 0.25) is 0 Å². The van der Waals surface area contributed by atoms with E-state index in [-0.39, 0.29) is 54.0 Å². The number of allylic oxidation sites excluding steroid dienone is 1. The van der Waals surface area contributed by atoms with Crippen molar-refractivity contribution in [3.8, 4) is 0 Å². The highest BCUT2D eigenvalue weighted by Crippen LogP contribution is 2.68. The van der Waals surface area contributed by atoms with E-state index in [1.807, 2.05) is 26.0 Å². The van der Waals surface area contributed by atoms with Crippen LogP contribution >= 0.6 is 0 Å². The third-order valence-corrected chi connectivity index (χ3v) is 11.5. The average Bonchev–Trinajstić information content (AvgIpc) is 3.10. The van der Waals surface area contributed by atoms with Crippen LogP contribution in [0, 0.1) is 52.3 Å². The first-order valence-electron chi connectivity index (χ1n) is 13.8. The van der Waals surface area contributed by atoms with Gasteiger partial charge in [-0.05, 0) is 91.3 Å². The lowest BCUT2D eigenvalue weighted by Gasteiger charge is -2.63. The molecular weight excluding hydrogens is 536 g/mol. The summed E-state index contributed by atoms with van der Waals surface area (Å²) < 4.78 is 73.4. The highest BCUT2D eigenvalue weighted by Gasteiger charge is 2.65. The molecule has 220 valence electrons. The molecule has 0 aromatic heterocycles. The van der Waals surface area contributed by atoms with E-state index in [1.165, 1.54) is 0 Å². The summed E-state index contributed by atoms with van der Waals surface area (Å²) in [6.07, 6.45) is 5.92. The molecule has 38 heavy (non-hydrogen) atoms. The van der Waals surface area contributed by atoms with Gasteiger partial charge in [0.05, 0.1) is 18.8 Å². The largest absolute Gasteiger partial charge is 0.397 e. The van der Waals surface area contributed by atoms with Crippen molar-refractivity contribution in [1.82, 2.24) is 0 Å². The summed E-state index contributed by atoms with van der Waals surface area (Å²) in [6, 6.07) is 0. The van der Waals surface area contributed by atoms with Crippen molar-refractivity contribution >= 4 is 20.8 Å². The van der Waals surface area contributed by atoms with Gasteiger partial charge in [0.15, 0.2) is 0 Å². The van der Waals surface area contributed by atoms with E-state index in [9.17, 15) is 31.6 Å².